The van der Waals surface area contributed by atoms with E-state index in [9.17, 15) is 14.4 Å². The lowest BCUT2D eigenvalue weighted by molar-refractivity contribution is -0.116. The first-order valence-corrected chi connectivity index (χ1v) is 9.82. The van der Waals surface area contributed by atoms with Crippen LogP contribution in [0.5, 0.6) is 0 Å². The summed E-state index contributed by atoms with van der Waals surface area (Å²) in [6.45, 7) is 7.73. The number of anilines is 2. The third-order valence-corrected chi connectivity index (χ3v) is 4.10. The molecule has 0 radical (unpaired) electrons. The summed E-state index contributed by atoms with van der Waals surface area (Å²) in [6, 6.07) is 13.5. The maximum atomic E-state index is 12.6. The summed E-state index contributed by atoms with van der Waals surface area (Å²) in [4.78, 5) is 36.9. The zero-order valence-corrected chi connectivity index (χ0v) is 17.5. The average Bonchev–Trinajstić information content (AvgIpc) is 2.66. The molecule has 154 valence electrons. The lowest BCUT2D eigenvalue weighted by Crippen LogP contribution is -2.40. The number of unbranched alkanes of at least 4 members (excludes halogenated alkanes) is 1. The Balaban J connectivity index is 2.07. The molecule has 29 heavy (non-hydrogen) atoms. The van der Waals surface area contributed by atoms with Gasteiger partial charge in [0.25, 0.3) is 11.8 Å². The second-order valence-electron chi connectivity index (χ2n) is 7.93. The van der Waals surface area contributed by atoms with Gasteiger partial charge in [-0.15, -0.1) is 0 Å². The SMILES string of the molecule is CCCCC(=O)Nc1ccc(C(=O)Nc2ccccc2C(=O)NC(C)(C)C)cc1. The Labute approximate surface area is 172 Å². The van der Waals surface area contributed by atoms with Crippen LogP contribution in [0.2, 0.25) is 0 Å². The number of hydrogen-bond donors (Lipinski definition) is 3. The Kier molecular flexibility index (Phi) is 7.53. The second kappa shape index (κ2) is 9.87. The first-order chi connectivity index (χ1) is 13.7. The molecule has 6 heteroatoms. The maximum absolute atomic E-state index is 12.6. The first-order valence-electron chi connectivity index (χ1n) is 9.82. The number of amides is 3. The van der Waals surface area contributed by atoms with E-state index in [1.807, 2.05) is 27.7 Å². The molecule has 0 saturated heterocycles. The summed E-state index contributed by atoms with van der Waals surface area (Å²) in [5.41, 5.74) is 1.54. The zero-order valence-electron chi connectivity index (χ0n) is 17.5. The number of benzene rings is 2. The lowest BCUT2D eigenvalue weighted by Gasteiger charge is -2.21. The van der Waals surface area contributed by atoms with Gasteiger partial charge in [-0.1, -0.05) is 25.5 Å². The molecule has 0 aliphatic rings. The molecule has 0 atom stereocenters. The number of hydrogen-bond acceptors (Lipinski definition) is 3. The van der Waals surface area contributed by atoms with Crippen LogP contribution in [0, 0.1) is 0 Å². The molecule has 3 amide bonds. The van der Waals surface area contributed by atoms with Gasteiger partial charge >= 0.3 is 0 Å². The van der Waals surface area contributed by atoms with Gasteiger partial charge in [0, 0.05) is 23.2 Å². The van der Waals surface area contributed by atoms with Crippen LogP contribution in [0.3, 0.4) is 0 Å². The van der Waals surface area contributed by atoms with E-state index in [1.54, 1.807) is 48.5 Å². The molecule has 2 rings (SSSR count). The van der Waals surface area contributed by atoms with Crippen molar-refractivity contribution in [3.63, 3.8) is 0 Å². The maximum Gasteiger partial charge on any atom is 0.255 e. The highest BCUT2D eigenvalue weighted by atomic mass is 16.2. The van der Waals surface area contributed by atoms with E-state index in [0.29, 0.717) is 28.9 Å². The number of rotatable bonds is 7. The van der Waals surface area contributed by atoms with Gasteiger partial charge in [0.15, 0.2) is 0 Å². The summed E-state index contributed by atoms with van der Waals surface area (Å²) < 4.78 is 0. The minimum absolute atomic E-state index is 0.0390. The van der Waals surface area contributed by atoms with Gasteiger partial charge in [0.05, 0.1) is 11.3 Å². The molecule has 0 saturated carbocycles. The quantitative estimate of drug-likeness (QED) is 0.640. The average molecular weight is 396 g/mol. The Morgan fingerprint density at radius 2 is 1.52 bits per heavy atom. The molecule has 6 nitrogen and oxygen atoms in total. The molecule has 0 heterocycles. The van der Waals surface area contributed by atoms with Gasteiger partial charge < -0.3 is 16.0 Å². The van der Waals surface area contributed by atoms with E-state index in [-0.39, 0.29) is 23.3 Å². The van der Waals surface area contributed by atoms with Crippen LogP contribution < -0.4 is 16.0 Å². The number of carbonyl (C=O) groups is 3. The highest BCUT2D eigenvalue weighted by Gasteiger charge is 2.19. The molecule has 0 unspecified atom stereocenters. The number of para-hydroxylation sites is 1. The van der Waals surface area contributed by atoms with Gasteiger partial charge in [0.1, 0.15) is 0 Å². The van der Waals surface area contributed by atoms with Crippen molar-refractivity contribution in [1.82, 2.24) is 5.32 Å². The summed E-state index contributed by atoms with van der Waals surface area (Å²) in [5, 5.41) is 8.51. The summed E-state index contributed by atoms with van der Waals surface area (Å²) >= 11 is 0. The minimum Gasteiger partial charge on any atom is -0.347 e. The van der Waals surface area contributed by atoms with E-state index in [4.69, 9.17) is 0 Å². The summed E-state index contributed by atoms with van der Waals surface area (Å²) in [7, 11) is 0. The molecule has 0 aliphatic carbocycles. The fourth-order valence-corrected chi connectivity index (χ4v) is 2.66. The Hall–Kier alpha value is -3.15. The van der Waals surface area contributed by atoms with Gasteiger partial charge in [-0.25, -0.2) is 0 Å². The normalized spacial score (nSPS) is 10.9. The molecule has 0 spiro atoms. The Bertz CT molecular complexity index is 868. The molecule has 0 bridgehead atoms. The molecule has 2 aromatic carbocycles. The smallest absolute Gasteiger partial charge is 0.255 e. The van der Waals surface area contributed by atoms with Crippen molar-refractivity contribution in [3.8, 4) is 0 Å². The predicted molar refractivity (Wildman–Crippen MR) is 116 cm³/mol. The van der Waals surface area contributed by atoms with Crippen LogP contribution in [-0.2, 0) is 4.79 Å². The van der Waals surface area contributed by atoms with E-state index in [0.717, 1.165) is 12.8 Å². The number of nitrogens with one attached hydrogen (secondary N) is 3. The second-order valence-corrected chi connectivity index (χ2v) is 7.93. The molecular formula is C23H29N3O3. The zero-order chi connectivity index (χ0) is 21.4. The number of carbonyl (C=O) groups excluding carboxylic acids is 3. The first kappa shape index (κ1) is 22.1. The Morgan fingerprint density at radius 3 is 2.14 bits per heavy atom. The topological polar surface area (TPSA) is 87.3 Å². The van der Waals surface area contributed by atoms with E-state index in [1.165, 1.54) is 0 Å². The third-order valence-electron chi connectivity index (χ3n) is 4.10. The predicted octanol–water partition coefficient (Wildman–Crippen LogP) is 4.60. The van der Waals surface area contributed by atoms with Crippen LogP contribution in [-0.4, -0.2) is 23.3 Å². The van der Waals surface area contributed by atoms with Crippen LogP contribution >= 0.6 is 0 Å². The van der Waals surface area contributed by atoms with Crippen molar-refractivity contribution < 1.29 is 14.4 Å². The van der Waals surface area contributed by atoms with Gasteiger partial charge in [-0.2, -0.15) is 0 Å². The van der Waals surface area contributed by atoms with E-state index < -0.39 is 0 Å². The molecule has 2 aromatic rings. The summed E-state index contributed by atoms with van der Waals surface area (Å²) in [6.07, 6.45) is 2.28. The van der Waals surface area contributed by atoms with Gasteiger partial charge in [-0.05, 0) is 63.6 Å². The fraction of sp³-hybridized carbons (Fsp3) is 0.348. The van der Waals surface area contributed by atoms with Crippen LogP contribution in [0.1, 0.15) is 67.7 Å². The largest absolute Gasteiger partial charge is 0.347 e. The van der Waals surface area contributed by atoms with Crippen molar-refractivity contribution in [2.45, 2.75) is 52.5 Å². The van der Waals surface area contributed by atoms with E-state index in [2.05, 4.69) is 16.0 Å². The highest BCUT2D eigenvalue weighted by molar-refractivity contribution is 6.09. The molecule has 0 aromatic heterocycles. The van der Waals surface area contributed by atoms with Crippen LogP contribution in [0.15, 0.2) is 48.5 Å². The fourth-order valence-electron chi connectivity index (χ4n) is 2.66. The van der Waals surface area contributed by atoms with Crippen LogP contribution in [0.25, 0.3) is 0 Å². The van der Waals surface area contributed by atoms with Crippen LogP contribution in [0.4, 0.5) is 11.4 Å². The van der Waals surface area contributed by atoms with Gasteiger partial charge in [-0.3, -0.25) is 14.4 Å². The third kappa shape index (κ3) is 7.07. The van der Waals surface area contributed by atoms with Gasteiger partial charge in [0.2, 0.25) is 5.91 Å². The van der Waals surface area contributed by atoms with Crippen molar-refractivity contribution in [2.24, 2.45) is 0 Å². The van der Waals surface area contributed by atoms with Crippen molar-refractivity contribution >= 4 is 29.1 Å². The molecule has 3 N–H and O–H groups in total. The highest BCUT2D eigenvalue weighted by Crippen LogP contribution is 2.18. The minimum atomic E-state index is -0.383. The lowest BCUT2D eigenvalue weighted by atomic mass is 10.1. The monoisotopic (exact) mass is 395 g/mol. The summed E-state index contributed by atoms with van der Waals surface area (Å²) in [5.74, 6) is -0.619. The van der Waals surface area contributed by atoms with Crippen molar-refractivity contribution in [2.75, 3.05) is 10.6 Å². The molecular weight excluding hydrogens is 366 g/mol. The van der Waals surface area contributed by atoms with Crippen molar-refractivity contribution in [1.29, 1.82) is 0 Å². The molecule has 0 aliphatic heterocycles. The molecule has 0 fully saturated rings. The standard InChI is InChI=1S/C23H29N3O3/c1-5-6-11-20(27)24-17-14-12-16(13-15-17)21(28)25-19-10-8-7-9-18(19)22(29)26-23(2,3)4/h7-10,12-15H,5-6,11H2,1-4H3,(H,24,27)(H,25,28)(H,26,29). The Morgan fingerprint density at radius 1 is 0.862 bits per heavy atom. The van der Waals surface area contributed by atoms with Crippen molar-refractivity contribution in [3.05, 3.63) is 59.7 Å². The van der Waals surface area contributed by atoms with E-state index >= 15 is 0 Å².